The third kappa shape index (κ3) is 2.55. The molecule has 0 spiro atoms. The topological polar surface area (TPSA) is 33.1 Å². The van der Waals surface area contributed by atoms with Crippen LogP contribution < -0.4 is 5.32 Å². The molecule has 1 saturated heterocycles. The minimum absolute atomic E-state index is 0.775. The SMILES string of the molecule is CCN1CCC(CNc2nc(C)cn2C)C1. The van der Waals surface area contributed by atoms with Gasteiger partial charge in [-0.2, -0.15) is 0 Å². The van der Waals surface area contributed by atoms with Crippen LogP contribution in [0.3, 0.4) is 0 Å². The number of nitrogens with one attached hydrogen (secondary N) is 1. The van der Waals surface area contributed by atoms with E-state index in [9.17, 15) is 0 Å². The Labute approximate surface area is 97.7 Å². The third-order valence-electron chi connectivity index (χ3n) is 3.36. The van der Waals surface area contributed by atoms with Crippen molar-refractivity contribution in [2.24, 2.45) is 13.0 Å². The van der Waals surface area contributed by atoms with Crippen LogP contribution in [0, 0.1) is 12.8 Å². The molecule has 1 unspecified atom stereocenters. The minimum Gasteiger partial charge on any atom is -0.355 e. The lowest BCUT2D eigenvalue weighted by Gasteiger charge is -2.14. The molecule has 1 aromatic rings. The van der Waals surface area contributed by atoms with E-state index in [0.717, 1.165) is 24.1 Å². The zero-order valence-corrected chi connectivity index (χ0v) is 10.5. The Balaban J connectivity index is 1.82. The summed E-state index contributed by atoms with van der Waals surface area (Å²) in [6.07, 6.45) is 3.36. The summed E-state index contributed by atoms with van der Waals surface area (Å²) in [6, 6.07) is 0. The molecule has 2 heterocycles. The Kier molecular flexibility index (Phi) is 3.49. The summed E-state index contributed by atoms with van der Waals surface area (Å²) in [5, 5.41) is 3.45. The normalized spacial score (nSPS) is 21.6. The largest absolute Gasteiger partial charge is 0.355 e. The van der Waals surface area contributed by atoms with Crippen LogP contribution in [0.15, 0.2) is 6.20 Å². The van der Waals surface area contributed by atoms with Crippen LogP contribution in [-0.2, 0) is 7.05 Å². The number of anilines is 1. The molecule has 1 atom stereocenters. The summed E-state index contributed by atoms with van der Waals surface area (Å²) in [4.78, 5) is 6.96. The average Bonchev–Trinajstić information content (AvgIpc) is 2.82. The first-order valence-electron chi connectivity index (χ1n) is 6.15. The second-order valence-electron chi connectivity index (χ2n) is 4.75. The number of nitrogens with zero attached hydrogens (tertiary/aromatic N) is 3. The molecule has 0 aromatic carbocycles. The van der Waals surface area contributed by atoms with E-state index < -0.39 is 0 Å². The molecule has 0 amide bonds. The standard InChI is InChI=1S/C12H22N4/c1-4-16-6-5-11(9-16)7-13-12-14-10(2)8-15(12)3/h8,11H,4-7,9H2,1-3H3,(H,13,14). The Morgan fingerprint density at radius 1 is 1.56 bits per heavy atom. The summed E-state index contributed by atoms with van der Waals surface area (Å²) in [5.74, 6) is 1.77. The van der Waals surface area contributed by atoms with Crippen LogP contribution in [-0.4, -0.2) is 40.6 Å². The van der Waals surface area contributed by atoms with Crippen molar-refractivity contribution < 1.29 is 0 Å². The van der Waals surface area contributed by atoms with Crippen LogP contribution in [0.25, 0.3) is 0 Å². The number of likely N-dealkylation sites (tertiary alicyclic amines) is 1. The summed E-state index contributed by atoms with van der Waals surface area (Å²) in [6.45, 7) is 8.96. The Morgan fingerprint density at radius 2 is 2.38 bits per heavy atom. The summed E-state index contributed by atoms with van der Waals surface area (Å²) >= 11 is 0. The van der Waals surface area contributed by atoms with Crippen molar-refractivity contribution in [3.8, 4) is 0 Å². The maximum Gasteiger partial charge on any atom is 0.202 e. The van der Waals surface area contributed by atoms with E-state index in [2.05, 4.69) is 32.9 Å². The van der Waals surface area contributed by atoms with Crippen LogP contribution in [0.4, 0.5) is 5.95 Å². The maximum absolute atomic E-state index is 4.45. The minimum atomic E-state index is 0.775. The predicted octanol–water partition coefficient (Wildman–Crippen LogP) is 1.48. The first-order valence-corrected chi connectivity index (χ1v) is 6.15. The number of rotatable bonds is 4. The smallest absolute Gasteiger partial charge is 0.202 e. The fourth-order valence-corrected chi connectivity index (χ4v) is 2.38. The molecule has 1 aliphatic rings. The molecule has 1 fully saturated rings. The third-order valence-corrected chi connectivity index (χ3v) is 3.36. The van der Waals surface area contributed by atoms with E-state index in [1.165, 1.54) is 26.1 Å². The van der Waals surface area contributed by atoms with Gasteiger partial charge in [0.25, 0.3) is 0 Å². The van der Waals surface area contributed by atoms with E-state index >= 15 is 0 Å². The van der Waals surface area contributed by atoms with Gasteiger partial charge in [0, 0.05) is 26.3 Å². The molecule has 0 radical (unpaired) electrons. The summed E-state index contributed by atoms with van der Waals surface area (Å²) < 4.78 is 2.06. The summed E-state index contributed by atoms with van der Waals surface area (Å²) in [5.41, 5.74) is 1.08. The van der Waals surface area contributed by atoms with Crippen molar-refractivity contribution in [1.29, 1.82) is 0 Å². The molecule has 1 aliphatic heterocycles. The van der Waals surface area contributed by atoms with Gasteiger partial charge in [-0.1, -0.05) is 6.92 Å². The molecule has 0 aliphatic carbocycles. The molecule has 0 saturated carbocycles. The van der Waals surface area contributed by atoms with E-state index in [1.807, 2.05) is 14.0 Å². The molecule has 1 aromatic heterocycles. The van der Waals surface area contributed by atoms with Gasteiger partial charge in [0.05, 0.1) is 5.69 Å². The highest BCUT2D eigenvalue weighted by Crippen LogP contribution is 2.16. The van der Waals surface area contributed by atoms with Crippen molar-refractivity contribution >= 4 is 5.95 Å². The van der Waals surface area contributed by atoms with Gasteiger partial charge in [0.15, 0.2) is 0 Å². The highest BCUT2D eigenvalue weighted by molar-refractivity contribution is 5.28. The first-order chi connectivity index (χ1) is 7.69. The number of imidazole rings is 1. The van der Waals surface area contributed by atoms with Crippen molar-refractivity contribution in [2.45, 2.75) is 20.3 Å². The molecular formula is C12H22N4. The monoisotopic (exact) mass is 222 g/mol. The molecule has 16 heavy (non-hydrogen) atoms. The molecule has 2 rings (SSSR count). The second-order valence-corrected chi connectivity index (χ2v) is 4.75. The quantitative estimate of drug-likeness (QED) is 0.837. The Morgan fingerprint density at radius 3 is 2.94 bits per heavy atom. The highest BCUT2D eigenvalue weighted by atomic mass is 15.2. The van der Waals surface area contributed by atoms with E-state index in [1.54, 1.807) is 0 Å². The predicted molar refractivity (Wildman–Crippen MR) is 66.7 cm³/mol. The second kappa shape index (κ2) is 4.87. The van der Waals surface area contributed by atoms with Crippen LogP contribution in [0.2, 0.25) is 0 Å². The fraction of sp³-hybridized carbons (Fsp3) is 0.750. The lowest BCUT2D eigenvalue weighted by atomic mass is 10.1. The van der Waals surface area contributed by atoms with Gasteiger partial charge in [-0.3, -0.25) is 0 Å². The first kappa shape index (κ1) is 11.5. The van der Waals surface area contributed by atoms with Crippen molar-refractivity contribution in [3.63, 3.8) is 0 Å². The number of aryl methyl sites for hydroxylation is 2. The zero-order valence-electron chi connectivity index (χ0n) is 10.5. The number of hydrogen-bond donors (Lipinski definition) is 1. The average molecular weight is 222 g/mol. The lowest BCUT2D eigenvalue weighted by molar-refractivity contribution is 0.345. The van der Waals surface area contributed by atoms with Gasteiger partial charge in [-0.25, -0.2) is 4.98 Å². The molecule has 4 nitrogen and oxygen atoms in total. The molecule has 90 valence electrons. The molecule has 0 bridgehead atoms. The molecular weight excluding hydrogens is 200 g/mol. The van der Waals surface area contributed by atoms with Crippen molar-refractivity contribution in [1.82, 2.24) is 14.5 Å². The van der Waals surface area contributed by atoms with Gasteiger partial charge in [-0.15, -0.1) is 0 Å². The fourth-order valence-electron chi connectivity index (χ4n) is 2.38. The number of aromatic nitrogens is 2. The molecule has 1 N–H and O–H groups in total. The zero-order chi connectivity index (χ0) is 11.5. The van der Waals surface area contributed by atoms with Gasteiger partial charge < -0.3 is 14.8 Å². The van der Waals surface area contributed by atoms with Crippen molar-refractivity contribution in [2.75, 3.05) is 31.5 Å². The summed E-state index contributed by atoms with van der Waals surface area (Å²) in [7, 11) is 2.04. The van der Waals surface area contributed by atoms with Gasteiger partial charge >= 0.3 is 0 Å². The van der Waals surface area contributed by atoms with Gasteiger partial charge in [0.2, 0.25) is 5.95 Å². The van der Waals surface area contributed by atoms with Gasteiger partial charge in [-0.05, 0) is 32.4 Å². The molecule has 4 heteroatoms. The van der Waals surface area contributed by atoms with E-state index in [4.69, 9.17) is 0 Å². The lowest BCUT2D eigenvalue weighted by Crippen LogP contribution is -2.23. The van der Waals surface area contributed by atoms with E-state index in [0.29, 0.717) is 0 Å². The Hall–Kier alpha value is -1.03. The van der Waals surface area contributed by atoms with E-state index in [-0.39, 0.29) is 0 Å². The van der Waals surface area contributed by atoms with Crippen molar-refractivity contribution in [3.05, 3.63) is 11.9 Å². The Bertz CT molecular complexity index is 345. The van der Waals surface area contributed by atoms with Crippen LogP contribution in [0.1, 0.15) is 19.0 Å². The number of hydrogen-bond acceptors (Lipinski definition) is 3. The highest BCUT2D eigenvalue weighted by Gasteiger charge is 2.20. The van der Waals surface area contributed by atoms with Crippen LogP contribution in [0.5, 0.6) is 0 Å². The van der Waals surface area contributed by atoms with Gasteiger partial charge in [0.1, 0.15) is 0 Å². The maximum atomic E-state index is 4.45. The van der Waals surface area contributed by atoms with Crippen LogP contribution >= 0.6 is 0 Å².